The molecule has 1 heterocycles. The third-order valence-corrected chi connectivity index (χ3v) is 4.32. The van der Waals surface area contributed by atoms with Crippen LogP contribution in [0.25, 0.3) is 10.4 Å². The molecule has 1 aromatic carbocycles. The Balaban J connectivity index is 1.72. The van der Waals surface area contributed by atoms with Gasteiger partial charge in [-0.2, -0.15) is 0 Å². The van der Waals surface area contributed by atoms with E-state index in [0.29, 0.717) is 0 Å². The van der Waals surface area contributed by atoms with Crippen LogP contribution in [0, 0.1) is 0 Å². The molecule has 0 aliphatic heterocycles. The van der Waals surface area contributed by atoms with Crippen LogP contribution in [0.3, 0.4) is 0 Å². The van der Waals surface area contributed by atoms with Crippen molar-refractivity contribution in [2.24, 2.45) is 0 Å². The molecule has 1 saturated carbocycles. The van der Waals surface area contributed by atoms with Crippen molar-refractivity contribution in [1.82, 2.24) is 5.32 Å². The van der Waals surface area contributed by atoms with Crippen molar-refractivity contribution in [1.29, 1.82) is 0 Å². The number of hydrogen-bond donors (Lipinski definition) is 1. The average Bonchev–Trinajstić information content (AvgIpc) is 3.06. The van der Waals surface area contributed by atoms with E-state index in [2.05, 4.69) is 29.6 Å². The van der Waals surface area contributed by atoms with Crippen LogP contribution in [-0.2, 0) is 6.54 Å². The maximum Gasteiger partial charge on any atom is 0.0406 e. The third-order valence-electron chi connectivity index (χ3n) is 2.93. The highest BCUT2D eigenvalue weighted by atomic mass is 35.5. The van der Waals surface area contributed by atoms with E-state index in [-0.39, 0.29) is 0 Å². The van der Waals surface area contributed by atoms with Gasteiger partial charge in [-0.05, 0) is 42.7 Å². The summed E-state index contributed by atoms with van der Waals surface area (Å²) in [6.07, 6.45) is 2.69. The van der Waals surface area contributed by atoms with Crippen LogP contribution < -0.4 is 5.32 Å². The molecular formula is C14H14ClNS. The van der Waals surface area contributed by atoms with E-state index in [4.69, 9.17) is 11.6 Å². The number of rotatable bonds is 4. The SMILES string of the molecule is Clc1ccc(-c2ccc(CNC3CC3)s2)cc1. The lowest BCUT2D eigenvalue weighted by molar-refractivity contribution is 0.695. The third kappa shape index (κ3) is 2.89. The van der Waals surface area contributed by atoms with Crippen LogP contribution in [0.1, 0.15) is 17.7 Å². The van der Waals surface area contributed by atoms with E-state index >= 15 is 0 Å². The summed E-state index contributed by atoms with van der Waals surface area (Å²) in [5.41, 5.74) is 1.25. The maximum atomic E-state index is 5.89. The predicted molar refractivity (Wildman–Crippen MR) is 74.6 cm³/mol. The molecule has 88 valence electrons. The van der Waals surface area contributed by atoms with Crippen molar-refractivity contribution in [3.8, 4) is 10.4 Å². The molecule has 3 heteroatoms. The maximum absolute atomic E-state index is 5.89. The Morgan fingerprint density at radius 3 is 2.59 bits per heavy atom. The first kappa shape index (κ1) is 11.3. The molecule has 1 aromatic heterocycles. The van der Waals surface area contributed by atoms with E-state index in [1.807, 2.05) is 23.5 Å². The topological polar surface area (TPSA) is 12.0 Å². The van der Waals surface area contributed by atoms with Gasteiger partial charge in [0.05, 0.1) is 0 Å². The van der Waals surface area contributed by atoms with Gasteiger partial charge in [0.1, 0.15) is 0 Å². The Bertz CT molecular complexity index is 499. The lowest BCUT2D eigenvalue weighted by Gasteiger charge is -1.99. The van der Waals surface area contributed by atoms with Crippen molar-refractivity contribution in [2.75, 3.05) is 0 Å². The fourth-order valence-electron chi connectivity index (χ4n) is 1.77. The molecule has 0 unspecified atom stereocenters. The first-order valence-electron chi connectivity index (χ1n) is 5.89. The summed E-state index contributed by atoms with van der Waals surface area (Å²) in [7, 11) is 0. The van der Waals surface area contributed by atoms with Crippen LogP contribution in [-0.4, -0.2) is 6.04 Å². The summed E-state index contributed by atoms with van der Waals surface area (Å²) in [6, 6.07) is 13.2. The highest BCUT2D eigenvalue weighted by molar-refractivity contribution is 7.15. The summed E-state index contributed by atoms with van der Waals surface area (Å²) in [4.78, 5) is 2.72. The summed E-state index contributed by atoms with van der Waals surface area (Å²) < 4.78 is 0. The van der Waals surface area contributed by atoms with Gasteiger partial charge in [-0.25, -0.2) is 0 Å². The van der Waals surface area contributed by atoms with E-state index in [9.17, 15) is 0 Å². The molecule has 1 fully saturated rings. The van der Waals surface area contributed by atoms with Crippen molar-refractivity contribution < 1.29 is 0 Å². The number of benzene rings is 1. The Labute approximate surface area is 110 Å². The second kappa shape index (κ2) is 4.81. The minimum absolute atomic E-state index is 0.774. The van der Waals surface area contributed by atoms with Crippen molar-refractivity contribution in [3.63, 3.8) is 0 Å². The molecule has 1 aliphatic rings. The lowest BCUT2D eigenvalue weighted by atomic mass is 10.2. The molecule has 1 aliphatic carbocycles. The fourth-order valence-corrected chi connectivity index (χ4v) is 2.86. The van der Waals surface area contributed by atoms with Gasteiger partial charge in [-0.15, -0.1) is 11.3 Å². The molecule has 0 atom stereocenters. The van der Waals surface area contributed by atoms with Crippen LogP contribution >= 0.6 is 22.9 Å². The van der Waals surface area contributed by atoms with Crippen LogP contribution in [0.5, 0.6) is 0 Å². The van der Waals surface area contributed by atoms with Crippen LogP contribution in [0.15, 0.2) is 36.4 Å². The Hall–Kier alpha value is -0.830. The molecule has 0 bridgehead atoms. The normalized spacial score (nSPS) is 15.1. The van der Waals surface area contributed by atoms with Crippen LogP contribution in [0.2, 0.25) is 5.02 Å². The Morgan fingerprint density at radius 2 is 1.88 bits per heavy atom. The van der Waals surface area contributed by atoms with Crippen LogP contribution in [0.4, 0.5) is 0 Å². The number of thiophene rings is 1. The molecule has 0 spiro atoms. The Kier molecular flexibility index (Phi) is 3.19. The summed E-state index contributed by atoms with van der Waals surface area (Å²) in [5, 5.41) is 4.33. The molecule has 2 aromatic rings. The van der Waals surface area contributed by atoms with Gasteiger partial charge in [-0.1, -0.05) is 23.7 Å². The standard InChI is InChI=1S/C14H14ClNS/c15-11-3-1-10(2-4-11)14-8-7-13(17-14)9-16-12-5-6-12/h1-4,7-8,12,16H,5-6,9H2. The fraction of sp³-hybridized carbons (Fsp3) is 0.286. The summed E-state index contributed by atoms with van der Waals surface area (Å²) in [5.74, 6) is 0. The summed E-state index contributed by atoms with van der Waals surface area (Å²) in [6.45, 7) is 1.00. The number of nitrogens with one attached hydrogen (secondary N) is 1. The molecule has 1 N–H and O–H groups in total. The first-order chi connectivity index (χ1) is 8.31. The minimum Gasteiger partial charge on any atom is -0.309 e. The zero-order valence-corrected chi connectivity index (χ0v) is 11.0. The average molecular weight is 264 g/mol. The molecule has 0 radical (unpaired) electrons. The quantitative estimate of drug-likeness (QED) is 0.866. The molecule has 0 saturated heterocycles. The smallest absolute Gasteiger partial charge is 0.0406 e. The molecule has 17 heavy (non-hydrogen) atoms. The van der Waals surface area contributed by atoms with Gasteiger partial charge in [0, 0.05) is 27.4 Å². The van der Waals surface area contributed by atoms with Crippen molar-refractivity contribution in [2.45, 2.75) is 25.4 Å². The Morgan fingerprint density at radius 1 is 1.12 bits per heavy atom. The van der Waals surface area contributed by atoms with Gasteiger partial charge < -0.3 is 5.32 Å². The van der Waals surface area contributed by atoms with Gasteiger partial charge in [0.25, 0.3) is 0 Å². The van der Waals surface area contributed by atoms with Gasteiger partial charge in [-0.3, -0.25) is 0 Å². The highest BCUT2D eigenvalue weighted by Crippen LogP contribution is 2.29. The van der Waals surface area contributed by atoms with Gasteiger partial charge in [0.2, 0.25) is 0 Å². The molecule has 3 rings (SSSR count). The van der Waals surface area contributed by atoms with E-state index in [1.165, 1.54) is 28.2 Å². The monoisotopic (exact) mass is 263 g/mol. The van der Waals surface area contributed by atoms with Crippen molar-refractivity contribution in [3.05, 3.63) is 46.3 Å². The van der Waals surface area contributed by atoms with E-state index in [1.54, 1.807) is 0 Å². The second-order valence-corrected chi connectivity index (χ2v) is 6.03. The van der Waals surface area contributed by atoms with Crippen molar-refractivity contribution >= 4 is 22.9 Å². The number of halogens is 1. The molecular weight excluding hydrogens is 250 g/mol. The molecule has 1 nitrogen and oxygen atoms in total. The molecule has 0 amide bonds. The number of hydrogen-bond acceptors (Lipinski definition) is 2. The largest absolute Gasteiger partial charge is 0.309 e. The minimum atomic E-state index is 0.774. The zero-order chi connectivity index (χ0) is 11.7. The predicted octanol–water partition coefficient (Wildman–Crippen LogP) is 4.32. The second-order valence-electron chi connectivity index (χ2n) is 4.43. The lowest BCUT2D eigenvalue weighted by Crippen LogP contribution is -2.14. The highest BCUT2D eigenvalue weighted by Gasteiger charge is 2.20. The van der Waals surface area contributed by atoms with E-state index < -0.39 is 0 Å². The zero-order valence-electron chi connectivity index (χ0n) is 9.45. The van der Waals surface area contributed by atoms with Gasteiger partial charge >= 0.3 is 0 Å². The van der Waals surface area contributed by atoms with Gasteiger partial charge in [0.15, 0.2) is 0 Å². The van der Waals surface area contributed by atoms with E-state index in [0.717, 1.165) is 17.6 Å². The first-order valence-corrected chi connectivity index (χ1v) is 7.09. The summed E-state index contributed by atoms with van der Waals surface area (Å²) >= 11 is 7.75.